The number of hydrogen-bond donors (Lipinski definition) is 1. The summed E-state index contributed by atoms with van der Waals surface area (Å²) >= 11 is 0. The monoisotopic (exact) mass is 263 g/mol. The van der Waals surface area contributed by atoms with Crippen molar-refractivity contribution in [2.75, 3.05) is 0 Å². The Morgan fingerprint density at radius 2 is 2.11 bits per heavy atom. The number of aliphatic hydroxyl groups is 1. The SMILES string of the molecule is C=C(/C=C(F)\C=C/C)Cc1ccncc1CO.CC. The third kappa shape index (κ3) is 6.67. The summed E-state index contributed by atoms with van der Waals surface area (Å²) in [7, 11) is 0. The molecule has 19 heavy (non-hydrogen) atoms. The second-order valence-corrected chi connectivity index (χ2v) is 3.67. The molecule has 0 unspecified atom stereocenters. The first-order valence-corrected chi connectivity index (χ1v) is 6.37. The minimum Gasteiger partial charge on any atom is -0.392 e. The molecule has 0 bridgehead atoms. The van der Waals surface area contributed by atoms with Crippen molar-refractivity contribution >= 4 is 0 Å². The van der Waals surface area contributed by atoms with E-state index in [1.54, 1.807) is 31.5 Å². The van der Waals surface area contributed by atoms with Crippen molar-refractivity contribution in [2.45, 2.75) is 33.8 Å². The Morgan fingerprint density at radius 1 is 1.42 bits per heavy atom. The third-order valence-corrected chi connectivity index (χ3v) is 2.26. The molecular weight excluding hydrogens is 241 g/mol. The molecule has 0 amide bonds. The van der Waals surface area contributed by atoms with Crippen molar-refractivity contribution in [1.29, 1.82) is 0 Å². The molecule has 0 saturated carbocycles. The van der Waals surface area contributed by atoms with Crippen LogP contribution < -0.4 is 0 Å². The summed E-state index contributed by atoms with van der Waals surface area (Å²) in [4.78, 5) is 3.92. The van der Waals surface area contributed by atoms with Crippen LogP contribution in [0, 0.1) is 0 Å². The first-order valence-electron chi connectivity index (χ1n) is 6.37. The van der Waals surface area contributed by atoms with Gasteiger partial charge in [-0.1, -0.05) is 26.5 Å². The van der Waals surface area contributed by atoms with E-state index in [4.69, 9.17) is 5.11 Å². The largest absolute Gasteiger partial charge is 0.392 e. The predicted octanol–water partition coefficient (Wildman–Crippen LogP) is 4.13. The summed E-state index contributed by atoms with van der Waals surface area (Å²) in [5.74, 6) is -0.322. The lowest BCUT2D eigenvalue weighted by molar-refractivity contribution is 0.280. The maximum atomic E-state index is 13.2. The minimum absolute atomic E-state index is 0.0719. The molecule has 0 aromatic carbocycles. The highest BCUT2D eigenvalue weighted by Gasteiger charge is 2.02. The van der Waals surface area contributed by atoms with E-state index in [0.717, 1.165) is 11.1 Å². The Kier molecular flexibility index (Phi) is 9.27. The number of nitrogens with zero attached hydrogens (tertiary/aromatic N) is 1. The first-order chi connectivity index (χ1) is 9.17. The molecule has 3 heteroatoms. The summed E-state index contributed by atoms with van der Waals surface area (Å²) in [5, 5.41) is 9.13. The Bertz CT molecular complexity index is 450. The van der Waals surface area contributed by atoms with E-state index in [2.05, 4.69) is 11.6 Å². The van der Waals surface area contributed by atoms with Crippen molar-refractivity contribution in [3.05, 3.63) is 65.8 Å². The van der Waals surface area contributed by atoms with Crippen molar-refractivity contribution in [3.8, 4) is 0 Å². The average molecular weight is 263 g/mol. The summed E-state index contributed by atoms with van der Waals surface area (Å²) < 4.78 is 13.2. The second kappa shape index (κ2) is 10.2. The van der Waals surface area contributed by atoms with Gasteiger partial charge in [0.1, 0.15) is 5.83 Å². The molecule has 0 aliphatic carbocycles. The van der Waals surface area contributed by atoms with Gasteiger partial charge in [0.15, 0.2) is 0 Å². The van der Waals surface area contributed by atoms with Crippen LogP contribution in [0.25, 0.3) is 0 Å². The molecule has 0 spiro atoms. The van der Waals surface area contributed by atoms with E-state index in [-0.39, 0.29) is 12.4 Å². The van der Waals surface area contributed by atoms with Crippen LogP contribution in [0.1, 0.15) is 31.9 Å². The van der Waals surface area contributed by atoms with Crippen LogP contribution in [0.5, 0.6) is 0 Å². The molecule has 0 saturated heterocycles. The van der Waals surface area contributed by atoms with Gasteiger partial charge in [0.2, 0.25) is 0 Å². The van der Waals surface area contributed by atoms with Crippen molar-refractivity contribution in [1.82, 2.24) is 4.98 Å². The van der Waals surface area contributed by atoms with Gasteiger partial charge in [0.05, 0.1) is 6.61 Å². The van der Waals surface area contributed by atoms with Crippen molar-refractivity contribution in [2.24, 2.45) is 0 Å². The Hall–Kier alpha value is -1.74. The molecule has 0 fully saturated rings. The van der Waals surface area contributed by atoms with Gasteiger partial charge in [0, 0.05) is 12.4 Å². The van der Waals surface area contributed by atoms with Gasteiger partial charge in [-0.15, -0.1) is 0 Å². The van der Waals surface area contributed by atoms with Crippen LogP contribution in [-0.2, 0) is 13.0 Å². The lowest BCUT2D eigenvalue weighted by Crippen LogP contribution is -1.96. The Morgan fingerprint density at radius 3 is 2.68 bits per heavy atom. The summed E-state index contributed by atoms with van der Waals surface area (Å²) in [6, 6.07) is 1.80. The van der Waals surface area contributed by atoms with Gasteiger partial charge in [-0.2, -0.15) is 0 Å². The van der Waals surface area contributed by atoms with Crippen LogP contribution in [0.3, 0.4) is 0 Å². The molecule has 0 radical (unpaired) electrons. The standard InChI is InChI=1S/C14H16FNO.C2H6/c1-3-4-14(15)8-11(2)7-12-5-6-16-9-13(12)10-17;1-2/h3-6,8-9,17H,2,7,10H2,1H3;1-2H3/b4-3-,14-8+;. The van der Waals surface area contributed by atoms with E-state index in [0.29, 0.717) is 12.0 Å². The quantitative estimate of drug-likeness (QED) is 0.810. The highest BCUT2D eigenvalue weighted by Crippen LogP contribution is 2.14. The fourth-order valence-corrected chi connectivity index (χ4v) is 1.47. The number of allylic oxidation sites excluding steroid dienone is 5. The Labute approximate surface area is 115 Å². The van der Waals surface area contributed by atoms with Gasteiger partial charge >= 0.3 is 0 Å². The maximum absolute atomic E-state index is 13.2. The van der Waals surface area contributed by atoms with E-state index in [1.807, 2.05) is 13.8 Å². The summed E-state index contributed by atoms with van der Waals surface area (Å²) in [6.07, 6.45) is 8.16. The first kappa shape index (κ1) is 17.3. The van der Waals surface area contributed by atoms with Crippen LogP contribution >= 0.6 is 0 Å². The molecule has 0 aliphatic heterocycles. The Balaban J connectivity index is 0.00000154. The molecule has 1 heterocycles. The average Bonchev–Trinajstić information content (AvgIpc) is 2.41. The fourth-order valence-electron chi connectivity index (χ4n) is 1.47. The van der Waals surface area contributed by atoms with E-state index in [9.17, 15) is 4.39 Å². The zero-order chi connectivity index (χ0) is 14.7. The van der Waals surface area contributed by atoms with Crippen LogP contribution in [-0.4, -0.2) is 10.1 Å². The number of aromatic nitrogens is 1. The van der Waals surface area contributed by atoms with E-state index < -0.39 is 0 Å². The molecule has 1 aromatic heterocycles. The third-order valence-electron chi connectivity index (χ3n) is 2.26. The van der Waals surface area contributed by atoms with E-state index in [1.165, 1.54) is 12.2 Å². The van der Waals surface area contributed by atoms with Gasteiger partial charge in [-0.05, 0) is 48.3 Å². The van der Waals surface area contributed by atoms with Crippen LogP contribution in [0.2, 0.25) is 0 Å². The lowest BCUT2D eigenvalue weighted by Gasteiger charge is -2.06. The topological polar surface area (TPSA) is 33.1 Å². The minimum atomic E-state index is -0.322. The number of halogens is 1. The fraction of sp³-hybridized carbons (Fsp3) is 0.312. The number of pyridine rings is 1. The molecule has 2 nitrogen and oxygen atoms in total. The number of aliphatic hydroxyl groups excluding tert-OH is 1. The van der Waals surface area contributed by atoms with Crippen LogP contribution in [0.4, 0.5) is 4.39 Å². The molecule has 1 aromatic rings. The zero-order valence-corrected chi connectivity index (χ0v) is 11.9. The van der Waals surface area contributed by atoms with Gasteiger partial charge in [-0.25, -0.2) is 4.39 Å². The van der Waals surface area contributed by atoms with Gasteiger partial charge < -0.3 is 5.11 Å². The molecule has 0 atom stereocenters. The summed E-state index contributed by atoms with van der Waals surface area (Å²) in [5.41, 5.74) is 2.31. The van der Waals surface area contributed by atoms with Gasteiger partial charge in [0.25, 0.3) is 0 Å². The smallest absolute Gasteiger partial charge is 0.123 e. The van der Waals surface area contributed by atoms with Crippen molar-refractivity contribution < 1.29 is 9.50 Å². The van der Waals surface area contributed by atoms with Crippen LogP contribution in [0.15, 0.2) is 54.7 Å². The lowest BCUT2D eigenvalue weighted by atomic mass is 10.0. The summed E-state index contributed by atoms with van der Waals surface area (Å²) in [6.45, 7) is 9.48. The normalized spacial score (nSPS) is 11.1. The van der Waals surface area contributed by atoms with Gasteiger partial charge in [-0.3, -0.25) is 4.98 Å². The molecular formula is C16H22FNO. The number of hydrogen-bond acceptors (Lipinski definition) is 2. The van der Waals surface area contributed by atoms with E-state index >= 15 is 0 Å². The molecule has 0 aliphatic rings. The van der Waals surface area contributed by atoms with Crippen molar-refractivity contribution in [3.63, 3.8) is 0 Å². The molecule has 104 valence electrons. The maximum Gasteiger partial charge on any atom is 0.123 e. The number of rotatable bonds is 5. The molecule has 1 rings (SSSR count). The second-order valence-electron chi connectivity index (χ2n) is 3.67. The highest BCUT2D eigenvalue weighted by molar-refractivity contribution is 5.32. The predicted molar refractivity (Wildman–Crippen MR) is 78.4 cm³/mol. The zero-order valence-electron chi connectivity index (χ0n) is 11.9. The molecule has 1 N–H and O–H groups in total. The highest BCUT2D eigenvalue weighted by atomic mass is 19.1.